The molecule has 0 aliphatic heterocycles. The largest absolute Gasteiger partial charge is 0.0716 e. The maximum atomic E-state index is 2.38. The molecule has 0 N–H and O–H groups in total. The van der Waals surface area contributed by atoms with Crippen molar-refractivity contribution in [1.29, 1.82) is 0 Å². The zero-order valence-corrected chi connectivity index (χ0v) is 72.6. The van der Waals surface area contributed by atoms with Crippen molar-refractivity contribution in [3.8, 4) is 66.8 Å². The van der Waals surface area contributed by atoms with Gasteiger partial charge in [0.1, 0.15) is 0 Å². The minimum Gasteiger partial charge on any atom is -0.0622 e. The van der Waals surface area contributed by atoms with Crippen molar-refractivity contribution in [1.82, 2.24) is 0 Å². The fourth-order valence-electron chi connectivity index (χ4n) is 22.3. The van der Waals surface area contributed by atoms with Crippen molar-refractivity contribution in [2.45, 2.75) is 75.5 Å². The molecule has 5 aliphatic carbocycles. The van der Waals surface area contributed by atoms with Crippen LogP contribution in [-0.4, -0.2) is 0 Å². The van der Waals surface area contributed by atoms with Crippen molar-refractivity contribution in [3.63, 3.8) is 0 Å². The number of hydrogen-bond acceptors (Lipinski definition) is 0. The molecule has 604 valence electrons. The van der Waals surface area contributed by atoms with Gasteiger partial charge in [-0.1, -0.05) is 498 Å². The number of hydrogen-bond donors (Lipinski definition) is 0. The molecule has 0 aromatic heterocycles. The van der Waals surface area contributed by atoms with Crippen LogP contribution in [0.1, 0.15) is 142 Å². The Morgan fingerprint density at radius 3 is 0.889 bits per heavy atom. The predicted molar refractivity (Wildman–Crippen MR) is 528 cm³/mol. The van der Waals surface area contributed by atoms with Crippen LogP contribution in [0, 0.1) is 34.6 Å². The van der Waals surface area contributed by atoms with Gasteiger partial charge in [0.25, 0.3) is 0 Å². The lowest BCUT2D eigenvalue weighted by atomic mass is 9.67. The third-order valence-electron chi connectivity index (χ3n) is 27.6. The van der Waals surface area contributed by atoms with Gasteiger partial charge in [-0.25, -0.2) is 0 Å². The van der Waals surface area contributed by atoms with E-state index in [0.29, 0.717) is 0 Å². The van der Waals surface area contributed by atoms with E-state index in [1.807, 2.05) is 0 Å². The highest BCUT2D eigenvalue weighted by Crippen LogP contribution is 2.62. The first-order valence-electron chi connectivity index (χ1n) is 44.5. The summed E-state index contributed by atoms with van der Waals surface area (Å²) in [6.07, 6.45) is 0. The van der Waals surface area contributed by atoms with Crippen molar-refractivity contribution < 1.29 is 0 Å². The molecule has 0 spiro atoms. The predicted octanol–water partition coefficient (Wildman–Crippen LogP) is 31.4. The standard InChI is InChI=1S/4C26H20.C22H20/c1-19-11-10-17-23-22-16-8-9-18-24(22)26(25(19)23,20-12-4-2-5-13-20)21-14-6-3-7-15-21;1-19-11-10-18-24-25(19)22-16-8-9-17-23(22)26(24,20-12-4-2-5-13-20)21-14-6-3-7-15-21;1-19-16-17-25-23(18-19)22-14-8-9-15-24(22)26(25,20-10-4-2-5-11-20)21-12-6-3-7-13-21;1-19-16-17-23-22-14-8-9-15-24(22)26(25(23)18-19,20-10-4-2-5-11-20)21-12-6-3-7-13-21;1-15-8-7-11-19-21(15)18-13-12-17(14-20(18)22(19,2)3)16-9-5-4-6-10-16/h4*2-18H,1H3;4-14H,1-3H3. The quantitative estimate of drug-likeness (QED) is 0.135. The zero-order valence-electron chi connectivity index (χ0n) is 72.6. The monoisotopic (exact) mass is 1610 g/mol. The van der Waals surface area contributed by atoms with Crippen molar-refractivity contribution >= 4 is 0 Å². The van der Waals surface area contributed by atoms with Crippen LogP contribution in [0.3, 0.4) is 0 Å². The summed E-state index contributed by atoms with van der Waals surface area (Å²) in [5.41, 5.74) is 46.5. The molecular formula is C126H100. The molecule has 0 saturated heterocycles. The first-order valence-corrected chi connectivity index (χ1v) is 44.5. The average molecular weight is 1610 g/mol. The molecule has 19 aromatic rings. The smallest absolute Gasteiger partial charge is 0.0622 e. The lowest BCUT2D eigenvalue weighted by molar-refractivity contribution is 0.660. The first-order chi connectivity index (χ1) is 61.9. The summed E-state index contributed by atoms with van der Waals surface area (Å²) in [4.78, 5) is 0. The maximum Gasteiger partial charge on any atom is 0.0716 e. The van der Waals surface area contributed by atoms with Crippen LogP contribution < -0.4 is 0 Å². The number of rotatable bonds is 9. The van der Waals surface area contributed by atoms with Crippen LogP contribution in [0.25, 0.3) is 66.8 Å². The van der Waals surface area contributed by atoms with E-state index in [4.69, 9.17) is 0 Å². The molecular weight excluding hydrogens is 1510 g/mol. The Hall–Kier alpha value is -14.8. The molecule has 0 atom stereocenters. The van der Waals surface area contributed by atoms with Gasteiger partial charge in [-0.3, -0.25) is 0 Å². The zero-order chi connectivity index (χ0) is 85.6. The topological polar surface area (TPSA) is 0 Å². The van der Waals surface area contributed by atoms with E-state index >= 15 is 0 Å². The molecule has 19 aromatic carbocycles. The van der Waals surface area contributed by atoms with E-state index in [1.54, 1.807) is 0 Å². The van der Waals surface area contributed by atoms with Crippen LogP contribution in [0.4, 0.5) is 0 Å². The molecule has 126 heavy (non-hydrogen) atoms. The Kier molecular flexibility index (Phi) is 20.9. The third-order valence-corrected chi connectivity index (χ3v) is 27.6. The molecule has 0 amide bonds. The fraction of sp³-hybridized carbons (Fsp3) is 0.0952. The molecule has 0 fully saturated rings. The number of aryl methyl sites for hydroxylation is 5. The fourth-order valence-corrected chi connectivity index (χ4v) is 22.3. The van der Waals surface area contributed by atoms with Gasteiger partial charge < -0.3 is 0 Å². The third kappa shape index (κ3) is 12.9. The molecule has 0 radical (unpaired) electrons. The Labute approximate surface area is 744 Å². The number of benzene rings is 19. The maximum absolute atomic E-state index is 2.38. The SMILES string of the molecule is Cc1ccc2c(c1)-c1ccccc1C2(c1ccccc1)c1ccccc1.Cc1ccc2c(c1)C(c1ccccc1)(c1ccccc1)c1ccccc1-2.Cc1cccc2c1-c1ccc(-c3ccccc3)cc1C2(C)C.Cc1cccc2c1-c1ccccc1C2(c1ccccc1)c1ccccc1.Cc1cccc2c1C(c1ccccc1)(c1ccccc1)c1ccccc1-2. The van der Waals surface area contributed by atoms with Crippen molar-refractivity contribution in [2.24, 2.45) is 0 Å². The normalized spacial score (nSPS) is 14.0. The van der Waals surface area contributed by atoms with Crippen LogP contribution in [0.15, 0.2) is 479 Å². The van der Waals surface area contributed by atoms with Gasteiger partial charge >= 0.3 is 0 Å². The lowest BCUT2D eigenvalue weighted by Crippen LogP contribution is -2.29. The van der Waals surface area contributed by atoms with Gasteiger partial charge in [0.2, 0.25) is 0 Å². The summed E-state index contributed by atoms with van der Waals surface area (Å²) in [6.45, 7) is 15.7. The van der Waals surface area contributed by atoms with E-state index in [1.165, 1.54) is 195 Å². The molecule has 0 nitrogen and oxygen atoms in total. The Balaban J connectivity index is 0.0000000995. The molecule has 0 heteroatoms. The minimum atomic E-state index is -0.264. The second-order valence-corrected chi connectivity index (χ2v) is 35.0. The second-order valence-electron chi connectivity index (χ2n) is 35.0. The Morgan fingerprint density at radius 1 is 0.151 bits per heavy atom. The van der Waals surface area contributed by atoms with Gasteiger partial charge in [0.15, 0.2) is 0 Å². The van der Waals surface area contributed by atoms with Crippen molar-refractivity contribution in [3.05, 3.63) is 607 Å². The van der Waals surface area contributed by atoms with Crippen LogP contribution in [0.2, 0.25) is 0 Å². The van der Waals surface area contributed by atoms with Crippen LogP contribution in [-0.2, 0) is 27.1 Å². The van der Waals surface area contributed by atoms with E-state index in [-0.39, 0.29) is 27.1 Å². The second kappa shape index (κ2) is 33.1. The minimum absolute atomic E-state index is 0.0709. The lowest BCUT2D eigenvalue weighted by Gasteiger charge is -2.34. The van der Waals surface area contributed by atoms with Gasteiger partial charge in [0.05, 0.1) is 21.7 Å². The highest BCUT2D eigenvalue weighted by molar-refractivity contribution is 5.92. The molecule has 0 bridgehead atoms. The van der Waals surface area contributed by atoms with Crippen molar-refractivity contribution in [2.75, 3.05) is 0 Å². The summed E-state index contributed by atoms with van der Waals surface area (Å²) in [5.74, 6) is 0. The average Bonchev–Trinajstić information content (AvgIpc) is 1.55. The van der Waals surface area contributed by atoms with Gasteiger partial charge in [-0.2, -0.15) is 0 Å². The summed E-state index contributed by atoms with van der Waals surface area (Å²) in [7, 11) is 0. The molecule has 0 saturated carbocycles. The molecule has 0 unspecified atom stereocenters. The van der Waals surface area contributed by atoms with E-state index in [2.05, 4.69) is 528 Å². The van der Waals surface area contributed by atoms with Crippen LogP contribution in [0.5, 0.6) is 0 Å². The van der Waals surface area contributed by atoms with E-state index in [0.717, 1.165) is 0 Å². The highest BCUT2D eigenvalue weighted by Gasteiger charge is 2.51. The van der Waals surface area contributed by atoms with Gasteiger partial charge in [0, 0.05) is 5.41 Å². The Bertz CT molecular complexity index is 6920. The summed E-state index contributed by atoms with van der Waals surface area (Å²) in [5, 5.41) is 0. The van der Waals surface area contributed by atoms with E-state index < -0.39 is 0 Å². The van der Waals surface area contributed by atoms with Gasteiger partial charge in [-0.15, -0.1) is 0 Å². The summed E-state index contributed by atoms with van der Waals surface area (Å²) < 4.78 is 0. The molecule has 24 rings (SSSR count). The van der Waals surface area contributed by atoms with Gasteiger partial charge in [-0.05, 0) is 224 Å². The number of fused-ring (bicyclic) bond motifs is 15. The summed E-state index contributed by atoms with van der Waals surface area (Å²) in [6, 6.07) is 174. The van der Waals surface area contributed by atoms with E-state index in [9.17, 15) is 0 Å². The molecule has 5 aliphatic rings. The van der Waals surface area contributed by atoms with Crippen LogP contribution >= 0.6 is 0 Å². The molecule has 0 heterocycles. The first kappa shape index (κ1) is 79.6. The Morgan fingerprint density at radius 2 is 0.429 bits per heavy atom. The summed E-state index contributed by atoms with van der Waals surface area (Å²) >= 11 is 0. The highest BCUT2D eigenvalue weighted by atomic mass is 14.5.